The fourth-order valence-corrected chi connectivity index (χ4v) is 1.71. The van der Waals surface area contributed by atoms with Crippen molar-refractivity contribution in [2.45, 2.75) is 19.1 Å². The Morgan fingerprint density at radius 3 is 3.13 bits per heavy atom. The van der Waals surface area contributed by atoms with E-state index in [1.807, 2.05) is 0 Å². The molecule has 0 spiro atoms. The maximum Gasteiger partial charge on any atom is 0.178 e. The molecule has 0 N–H and O–H groups in total. The average molecular weight is 225 g/mol. The van der Waals surface area contributed by atoms with Gasteiger partial charge in [0.05, 0.1) is 25.0 Å². The van der Waals surface area contributed by atoms with Gasteiger partial charge in [-0.2, -0.15) is 5.10 Å². The summed E-state index contributed by atoms with van der Waals surface area (Å²) in [5.41, 5.74) is 1.48. The van der Waals surface area contributed by atoms with Crippen LogP contribution in [0.25, 0.3) is 11.2 Å². The van der Waals surface area contributed by atoms with Gasteiger partial charge in [0.1, 0.15) is 10.7 Å². The molecule has 2 aromatic rings. The number of halogens is 1. The molecule has 15 heavy (non-hydrogen) atoms. The van der Waals surface area contributed by atoms with Crippen molar-refractivity contribution < 1.29 is 4.74 Å². The second-order valence-corrected chi connectivity index (χ2v) is 3.90. The number of fused-ring (bicyclic) bond motifs is 1. The number of nitrogens with zero attached hydrogens (tertiary/aromatic N) is 4. The van der Waals surface area contributed by atoms with E-state index in [1.54, 1.807) is 10.9 Å². The lowest BCUT2D eigenvalue weighted by molar-refractivity contribution is -0.0603. The summed E-state index contributed by atoms with van der Waals surface area (Å²) in [6.45, 7) is 1.56. The summed E-state index contributed by atoms with van der Waals surface area (Å²) in [7, 11) is 0. The maximum absolute atomic E-state index is 5.79. The third kappa shape index (κ3) is 1.57. The molecule has 0 aliphatic carbocycles. The topological polar surface area (TPSA) is 52.8 Å². The fourth-order valence-electron chi connectivity index (χ4n) is 1.58. The number of ether oxygens (including phenoxy) is 1. The van der Waals surface area contributed by atoms with Crippen LogP contribution < -0.4 is 0 Å². The molecule has 1 fully saturated rings. The molecule has 0 aromatic carbocycles. The quantitative estimate of drug-likeness (QED) is 0.771. The molecule has 5 nitrogen and oxygen atoms in total. The summed E-state index contributed by atoms with van der Waals surface area (Å²) in [5.74, 6) is 0. The fraction of sp³-hybridized carbons (Fsp3) is 0.444. The Morgan fingerprint density at radius 1 is 1.53 bits per heavy atom. The normalized spacial score (nSPS) is 20.5. The van der Waals surface area contributed by atoms with Gasteiger partial charge in [0.25, 0.3) is 0 Å². The Bertz CT molecular complexity index is 494. The summed E-state index contributed by atoms with van der Waals surface area (Å²) in [5, 5.41) is 4.60. The van der Waals surface area contributed by atoms with Gasteiger partial charge in [0.15, 0.2) is 5.65 Å². The standard InChI is InChI=1S/C9H9ClN4O/c10-8-4-11-7-3-12-14(9(7)13-8)5-6-1-2-15-6/h3-4,6H,1-2,5H2/t6-/m1/s1. The predicted molar refractivity (Wildman–Crippen MR) is 54.7 cm³/mol. The molecular weight excluding hydrogens is 216 g/mol. The van der Waals surface area contributed by atoms with Crippen molar-refractivity contribution in [3.05, 3.63) is 17.5 Å². The second-order valence-electron chi connectivity index (χ2n) is 3.51. The second kappa shape index (κ2) is 3.43. The van der Waals surface area contributed by atoms with Crippen molar-refractivity contribution in [3.63, 3.8) is 0 Å². The van der Waals surface area contributed by atoms with Crippen LogP contribution in [0.5, 0.6) is 0 Å². The van der Waals surface area contributed by atoms with Gasteiger partial charge in [-0.3, -0.25) is 0 Å². The Kier molecular flexibility index (Phi) is 2.07. The first-order valence-electron chi connectivity index (χ1n) is 4.78. The minimum atomic E-state index is 0.258. The van der Waals surface area contributed by atoms with Crippen molar-refractivity contribution in [2.24, 2.45) is 0 Å². The van der Waals surface area contributed by atoms with E-state index < -0.39 is 0 Å². The Hall–Kier alpha value is -1.20. The first-order valence-corrected chi connectivity index (χ1v) is 5.16. The van der Waals surface area contributed by atoms with Gasteiger partial charge in [-0.15, -0.1) is 0 Å². The average Bonchev–Trinajstić information content (AvgIpc) is 2.54. The van der Waals surface area contributed by atoms with E-state index in [2.05, 4.69) is 15.1 Å². The molecule has 0 radical (unpaired) electrons. The van der Waals surface area contributed by atoms with Gasteiger partial charge in [0, 0.05) is 6.61 Å². The monoisotopic (exact) mass is 224 g/mol. The van der Waals surface area contributed by atoms with Gasteiger partial charge in [-0.25, -0.2) is 14.6 Å². The molecule has 2 aromatic heterocycles. The summed E-state index contributed by atoms with van der Waals surface area (Å²) < 4.78 is 7.13. The Labute approximate surface area is 91.0 Å². The van der Waals surface area contributed by atoms with E-state index in [4.69, 9.17) is 16.3 Å². The van der Waals surface area contributed by atoms with Gasteiger partial charge in [0.2, 0.25) is 0 Å². The SMILES string of the molecule is Clc1cnc2cnn(C[C@H]3CCO3)c2n1. The van der Waals surface area contributed by atoms with E-state index in [0.717, 1.165) is 30.7 Å². The van der Waals surface area contributed by atoms with Crippen LogP contribution in [0.1, 0.15) is 6.42 Å². The highest BCUT2D eigenvalue weighted by Gasteiger charge is 2.20. The van der Waals surface area contributed by atoms with E-state index in [-0.39, 0.29) is 6.10 Å². The van der Waals surface area contributed by atoms with E-state index >= 15 is 0 Å². The molecule has 1 aliphatic heterocycles. The molecule has 0 amide bonds. The minimum absolute atomic E-state index is 0.258. The molecular formula is C9H9ClN4O. The highest BCUT2D eigenvalue weighted by molar-refractivity contribution is 6.29. The molecule has 0 unspecified atom stereocenters. The molecule has 78 valence electrons. The van der Waals surface area contributed by atoms with Gasteiger partial charge in [-0.05, 0) is 6.42 Å². The lowest BCUT2D eigenvalue weighted by Gasteiger charge is -2.26. The Morgan fingerprint density at radius 2 is 2.40 bits per heavy atom. The summed E-state index contributed by atoms with van der Waals surface area (Å²) in [6.07, 6.45) is 4.55. The van der Waals surface area contributed by atoms with Gasteiger partial charge in [-0.1, -0.05) is 11.6 Å². The summed E-state index contributed by atoms with van der Waals surface area (Å²) in [6, 6.07) is 0. The maximum atomic E-state index is 5.79. The highest BCUT2D eigenvalue weighted by Crippen LogP contribution is 2.16. The zero-order valence-corrected chi connectivity index (χ0v) is 8.68. The lowest BCUT2D eigenvalue weighted by atomic mass is 10.2. The zero-order chi connectivity index (χ0) is 10.3. The first kappa shape index (κ1) is 9.06. The van der Waals surface area contributed by atoms with E-state index in [1.165, 1.54) is 6.20 Å². The Balaban J connectivity index is 1.98. The van der Waals surface area contributed by atoms with Crippen LogP contribution in [0.15, 0.2) is 12.4 Å². The van der Waals surface area contributed by atoms with Gasteiger partial charge >= 0.3 is 0 Å². The predicted octanol–water partition coefficient (Wildman–Crippen LogP) is 1.27. The molecule has 1 atom stereocenters. The first-order chi connectivity index (χ1) is 7.33. The van der Waals surface area contributed by atoms with Crippen LogP contribution in [0.4, 0.5) is 0 Å². The number of aromatic nitrogens is 4. The summed E-state index contributed by atoms with van der Waals surface area (Å²) in [4.78, 5) is 8.33. The highest BCUT2D eigenvalue weighted by atomic mass is 35.5. The number of rotatable bonds is 2. The van der Waals surface area contributed by atoms with Crippen molar-refractivity contribution in [1.82, 2.24) is 19.7 Å². The lowest BCUT2D eigenvalue weighted by Crippen LogP contribution is -2.31. The molecule has 1 saturated heterocycles. The third-order valence-electron chi connectivity index (χ3n) is 2.49. The molecule has 3 rings (SSSR count). The van der Waals surface area contributed by atoms with Crippen LogP contribution in [0.2, 0.25) is 5.15 Å². The van der Waals surface area contributed by atoms with Crippen LogP contribution >= 0.6 is 11.6 Å². The molecule has 1 aliphatic rings. The van der Waals surface area contributed by atoms with Crippen molar-refractivity contribution in [1.29, 1.82) is 0 Å². The van der Waals surface area contributed by atoms with E-state index in [0.29, 0.717) is 5.15 Å². The molecule has 0 bridgehead atoms. The minimum Gasteiger partial charge on any atom is -0.376 e. The van der Waals surface area contributed by atoms with Gasteiger partial charge < -0.3 is 4.74 Å². The molecule has 3 heterocycles. The van der Waals surface area contributed by atoms with Crippen molar-refractivity contribution >= 4 is 22.8 Å². The zero-order valence-electron chi connectivity index (χ0n) is 7.93. The van der Waals surface area contributed by atoms with Crippen LogP contribution in [0, 0.1) is 0 Å². The van der Waals surface area contributed by atoms with Crippen molar-refractivity contribution in [2.75, 3.05) is 6.61 Å². The van der Waals surface area contributed by atoms with Crippen LogP contribution in [0.3, 0.4) is 0 Å². The molecule has 0 saturated carbocycles. The van der Waals surface area contributed by atoms with Crippen molar-refractivity contribution in [3.8, 4) is 0 Å². The summed E-state index contributed by atoms with van der Waals surface area (Å²) >= 11 is 5.79. The number of hydrogen-bond acceptors (Lipinski definition) is 4. The van der Waals surface area contributed by atoms with E-state index in [9.17, 15) is 0 Å². The third-order valence-corrected chi connectivity index (χ3v) is 2.67. The van der Waals surface area contributed by atoms with Crippen LogP contribution in [-0.4, -0.2) is 32.5 Å². The van der Waals surface area contributed by atoms with Crippen LogP contribution in [-0.2, 0) is 11.3 Å². The number of hydrogen-bond donors (Lipinski definition) is 0. The largest absolute Gasteiger partial charge is 0.376 e. The molecule has 6 heteroatoms. The smallest absolute Gasteiger partial charge is 0.178 e.